The lowest BCUT2D eigenvalue weighted by molar-refractivity contribution is -0.125. The van der Waals surface area contributed by atoms with Crippen LogP contribution in [0.3, 0.4) is 0 Å². The molecule has 6 nitrogen and oxygen atoms in total. The van der Waals surface area contributed by atoms with E-state index in [1.807, 2.05) is 0 Å². The maximum Gasteiger partial charge on any atom is 0.223 e. The SMILES string of the molecule is O=C(CC1CNCCO1)NC(CO)CO. The van der Waals surface area contributed by atoms with E-state index in [4.69, 9.17) is 14.9 Å². The molecule has 1 rings (SSSR count). The number of nitrogens with one attached hydrogen (secondary N) is 2. The fourth-order valence-corrected chi connectivity index (χ4v) is 1.39. The van der Waals surface area contributed by atoms with Crippen molar-refractivity contribution in [1.82, 2.24) is 10.6 Å². The Kier molecular flexibility index (Phi) is 5.56. The van der Waals surface area contributed by atoms with Crippen molar-refractivity contribution in [2.45, 2.75) is 18.6 Å². The largest absolute Gasteiger partial charge is 0.394 e. The summed E-state index contributed by atoms with van der Waals surface area (Å²) in [7, 11) is 0. The molecule has 88 valence electrons. The van der Waals surface area contributed by atoms with Gasteiger partial charge < -0.3 is 25.6 Å². The van der Waals surface area contributed by atoms with Gasteiger partial charge in [0.25, 0.3) is 0 Å². The second kappa shape index (κ2) is 6.73. The van der Waals surface area contributed by atoms with Crippen molar-refractivity contribution in [1.29, 1.82) is 0 Å². The molecule has 1 atom stereocenters. The summed E-state index contributed by atoms with van der Waals surface area (Å²) in [6, 6.07) is -0.575. The highest BCUT2D eigenvalue weighted by molar-refractivity contribution is 5.76. The summed E-state index contributed by atoms with van der Waals surface area (Å²) in [6.07, 6.45) is 0.139. The van der Waals surface area contributed by atoms with Gasteiger partial charge in [-0.3, -0.25) is 4.79 Å². The Morgan fingerprint density at radius 3 is 2.80 bits per heavy atom. The van der Waals surface area contributed by atoms with Gasteiger partial charge >= 0.3 is 0 Å². The molecular formula is C9H18N2O4. The molecule has 6 heteroatoms. The van der Waals surface area contributed by atoms with Crippen LogP contribution in [0.25, 0.3) is 0 Å². The van der Waals surface area contributed by atoms with E-state index in [9.17, 15) is 4.79 Å². The average Bonchev–Trinajstić information content (AvgIpc) is 2.27. The van der Waals surface area contributed by atoms with Gasteiger partial charge in [-0.05, 0) is 0 Å². The Labute approximate surface area is 88.6 Å². The molecule has 0 aromatic carbocycles. The van der Waals surface area contributed by atoms with Gasteiger partial charge in [-0.1, -0.05) is 0 Å². The molecule has 1 unspecified atom stereocenters. The summed E-state index contributed by atoms with van der Waals surface area (Å²) in [5, 5.41) is 23.2. The van der Waals surface area contributed by atoms with Crippen molar-refractivity contribution in [3.8, 4) is 0 Å². The van der Waals surface area contributed by atoms with E-state index in [-0.39, 0.29) is 31.6 Å². The molecule has 0 radical (unpaired) electrons. The number of ether oxygens (including phenoxy) is 1. The maximum atomic E-state index is 11.4. The number of carbonyl (C=O) groups is 1. The van der Waals surface area contributed by atoms with Crippen molar-refractivity contribution in [3.63, 3.8) is 0 Å². The molecule has 1 aliphatic rings. The first-order chi connectivity index (χ1) is 7.26. The smallest absolute Gasteiger partial charge is 0.223 e. The molecule has 0 spiro atoms. The predicted molar refractivity (Wildman–Crippen MR) is 53.3 cm³/mol. The molecule has 0 aliphatic carbocycles. The Balaban J connectivity index is 2.21. The van der Waals surface area contributed by atoms with Crippen molar-refractivity contribution in [2.24, 2.45) is 0 Å². The van der Waals surface area contributed by atoms with E-state index < -0.39 is 6.04 Å². The first-order valence-corrected chi connectivity index (χ1v) is 5.09. The molecule has 0 bridgehead atoms. The van der Waals surface area contributed by atoms with Crippen molar-refractivity contribution in [2.75, 3.05) is 32.9 Å². The van der Waals surface area contributed by atoms with Gasteiger partial charge in [0.15, 0.2) is 0 Å². The zero-order valence-corrected chi connectivity index (χ0v) is 8.61. The van der Waals surface area contributed by atoms with Crippen LogP contribution in [0.2, 0.25) is 0 Å². The van der Waals surface area contributed by atoms with Crippen LogP contribution in [0.4, 0.5) is 0 Å². The fraction of sp³-hybridized carbons (Fsp3) is 0.889. The minimum absolute atomic E-state index is 0.114. The van der Waals surface area contributed by atoms with Crippen LogP contribution in [0.15, 0.2) is 0 Å². The summed E-state index contributed by atoms with van der Waals surface area (Å²) < 4.78 is 5.35. The highest BCUT2D eigenvalue weighted by Crippen LogP contribution is 2.01. The molecule has 0 aromatic rings. The van der Waals surface area contributed by atoms with Gasteiger partial charge in [-0.15, -0.1) is 0 Å². The third kappa shape index (κ3) is 4.57. The quantitative estimate of drug-likeness (QED) is 0.422. The third-order valence-corrected chi connectivity index (χ3v) is 2.22. The standard InChI is InChI=1S/C9H18N2O4/c12-5-7(6-13)11-9(14)3-8-4-10-1-2-15-8/h7-8,10,12-13H,1-6H2,(H,11,14). The van der Waals surface area contributed by atoms with Crippen molar-refractivity contribution in [3.05, 3.63) is 0 Å². The lowest BCUT2D eigenvalue weighted by Crippen LogP contribution is -2.45. The van der Waals surface area contributed by atoms with E-state index >= 15 is 0 Å². The fourth-order valence-electron chi connectivity index (χ4n) is 1.39. The predicted octanol–water partition coefficient (Wildman–Crippen LogP) is -2.17. The maximum absolute atomic E-state index is 11.4. The van der Waals surface area contributed by atoms with E-state index in [2.05, 4.69) is 10.6 Å². The van der Waals surface area contributed by atoms with Gasteiger partial charge in [0.05, 0.1) is 38.4 Å². The first-order valence-electron chi connectivity index (χ1n) is 5.09. The van der Waals surface area contributed by atoms with Gasteiger partial charge in [0, 0.05) is 13.1 Å². The monoisotopic (exact) mass is 218 g/mol. The van der Waals surface area contributed by atoms with Gasteiger partial charge in [-0.2, -0.15) is 0 Å². The molecule has 1 saturated heterocycles. The summed E-state index contributed by atoms with van der Waals surface area (Å²) in [5.74, 6) is -0.211. The second-order valence-electron chi connectivity index (χ2n) is 3.53. The van der Waals surface area contributed by atoms with Crippen molar-refractivity contribution >= 4 is 5.91 Å². The van der Waals surface area contributed by atoms with Gasteiger partial charge in [-0.25, -0.2) is 0 Å². The molecule has 15 heavy (non-hydrogen) atoms. The highest BCUT2D eigenvalue weighted by Gasteiger charge is 2.18. The van der Waals surface area contributed by atoms with E-state index in [1.54, 1.807) is 0 Å². The molecule has 1 aliphatic heterocycles. The van der Waals surface area contributed by atoms with E-state index in [0.29, 0.717) is 13.2 Å². The Hall–Kier alpha value is -0.690. The lowest BCUT2D eigenvalue weighted by Gasteiger charge is -2.23. The third-order valence-electron chi connectivity index (χ3n) is 2.22. The Bertz CT molecular complexity index is 191. The van der Waals surface area contributed by atoms with Crippen LogP contribution in [0.1, 0.15) is 6.42 Å². The number of morpholine rings is 1. The number of aliphatic hydroxyl groups excluding tert-OH is 2. The van der Waals surface area contributed by atoms with E-state index in [1.165, 1.54) is 0 Å². The summed E-state index contributed by atoms with van der Waals surface area (Å²) in [4.78, 5) is 11.4. The number of hydrogen-bond donors (Lipinski definition) is 4. The van der Waals surface area contributed by atoms with Crippen LogP contribution in [-0.2, 0) is 9.53 Å². The number of amides is 1. The first kappa shape index (κ1) is 12.4. The van der Waals surface area contributed by atoms with Gasteiger partial charge in [0.2, 0.25) is 5.91 Å². The number of aliphatic hydroxyl groups is 2. The molecular weight excluding hydrogens is 200 g/mol. The Morgan fingerprint density at radius 2 is 2.27 bits per heavy atom. The van der Waals surface area contributed by atoms with Crippen LogP contribution in [0.5, 0.6) is 0 Å². The van der Waals surface area contributed by atoms with Crippen LogP contribution >= 0.6 is 0 Å². The molecule has 1 amide bonds. The topological polar surface area (TPSA) is 90.8 Å². The average molecular weight is 218 g/mol. The van der Waals surface area contributed by atoms with E-state index in [0.717, 1.165) is 6.54 Å². The van der Waals surface area contributed by atoms with Crippen molar-refractivity contribution < 1.29 is 19.7 Å². The molecule has 0 aromatic heterocycles. The van der Waals surface area contributed by atoms with Crippen LogP contribution < -0.4 is 10.6 Å². The van der Waals surface area contributed by atoms with Crippen LogP contribution in [0, 0.1) is 0 Å². The number of hydrogen-bond acceptors (Lipinski definition) is 5. The normalized spacial score (nSPS) is 21.7. The minimum Gasteiger partial charge on any atom is -0.394 e. The summed E-state index contributed by atoms with van der Waals surface area (Å²) >= 11 is 0. The molecule has 4 N–H and O–H groups in total. The lowest BCUT2D eigenvalue weighted by atomic mass is 10.2. The minimum atomic E-state index is -0.575. The number of rotatable bonds is 5. The number of carbonyl (C=O) groups excluding carboxylic acids is 1. The summed E-state index contributed by atoms with van der Waals surface area (Å²) in [6.45, 7) is 1.57. The van der Waals surface area contributed by atoms with Gasteiger partial charge in [0.1, 0.15) is 0 Å². The zero-order chi connectivity index (χ0) is 11.1. The van der Waals surface area contributed by atoms with Crippen LogP contribution in [-0.4, -0.2) is 61.2 Å². The zero-order valence-electron chi connectivity index (χ0n) is 8.61. The second-order valence-corrected chi connectivity index (χ2v) is 3.53. The summed E-state index contributed by atoms with van der Waals surface area (Å²) in [5.41, 5.74) is 0. The Morgan fingerprint density at radius 1 is 1.53 bits per heavy atom. The molecule has 1 heterocycles. The highest BCUT2D eigenvalue weighted by atomic mass is 16.5. The molecule has 0 saturated carbocycles. The molecule has 1 fully saturated rings.